The van der Waals surface area contributed by atoms with Gasteiger partial charge in [-0.1, -0.05) is 18.2 Å². The molecule has 21 heavy (non-hydrogen) atoms. The third kappa shape index (κ3) is 3.13. The van der Waals surface area contributed by atoms with Gasteiger partial charge in [0.05, 0.1) is 18.6 Å². The Kier molecular flexibility index (Phi) is 4.01. The minimum absolute atomic E-state index is 0.00100. The van der Waals surface area contributed by atoms with Gasteiger partial charge in [0.25, 0.3) is 0 Å². The number of aromatic nitrogens is 1. The van der Waals surface area contributed by atoms with Crippen molar-refractivity contribution in [3.8, 4) is 0 Å². The maximum absolute atomic E-state index is 11.9. The van der Waals surface area contributed by atoms with E-state index in [2.05, 4.69) is 16.4 Å². The van der Waals surface area contributed by atoms with Gasteiger partial charge in [-0.05, 0) is 25.1 Å². The van der Waals surface area contributed by atoms with Crippen molar-refractivity contribution < 1.29 is 9.21 Å². The fourth-order valence-electron chi connectivity index (χ4n) is 2.22. The molecule has 2 aromatic heterocycles. The summed E-state index contributed by atoms with van der Waals surface area (Å²) in [6.07, 6.45) is 1.60. The van der Waals surface area contributed by atoms with Crippen LogP contribution in [0.15, 0.2) is 52.0 Å². The standard InChI is InChI=1S/C16H16N2O2S/c1-11-16(13-6-2-3-7-14(13)18-11)21-10-15(19)17-9-12-5-4-8-20-12/h2-8,18H,9-10H2,1H3,(H,17,19). The fraction of sp³-hybridized carbons (Fsp3) is 0.188. The summed E-state index contributed by atoms with van der Waals surface area (Å²) < 4.78 is 5.18. The van der Waals surface area contributed by atoms with Crippen LogP contribution in [0.2, 0.25) is 0 Å². The zero-order valence-electron chi connectivity index (χ0n) is 11.7. The van der Waals surface area contributed by atoms with Crippen LogP contribution in [0.4, 0.5) is 0 Å². The van der Waals surface area contributed by atoms with Crippen LogP contribution in [0.25, 0.3) is 10.9 Å². The molecule has 0 bridgehead atoms. The van der Waals surface area contributed by atoms with Gasteiger partial charge in [0.1, 0.15) is 5.76 Å². The smallest absolute Gasteiger partial charge is 0.230 e. The molecule has 1 aromatic carbocycles. The lowest BCUT2D eigenvalue weighted by molar-refractivity contribution is -0.118. The molecule has 0 aliphatic carbocycles. The minimum atomic E-state index is 0.00100. The molecule has 2 heterocycles. The molecule has 0 spiro atoms. The van der Waals surface area contributed by atoms with Crippen molar-refractivity contribution in [2.45, 2.75) is 18.4 Å². The van der Waals surface area contributed by atoms with Gasteiger partial charge in [-0.25, -0.2) is 0 Å². The molecular formula is C16H16N2O2S. The van der Waals surface area contributed by atoms with Crippen LogP contribution in [-0.2, 0) is 11.3 Å². The summed E-state index contributed by atoms with van der Waals surface area (Å²) in [5, 5.41) is 4.02. The molecule has 3 rings (SSSR count). The Balaban J connectivity index is 1.61. The Morgan fingerprint density at radius 3 is 2.95 bits per heavy atom. The molecule has 0 unspecified atom stereocenters. The highest BCUT2D eigenvalue weighted by molar-refractivity contribution is 8.00. The van der Waals surface area contributed by atoms with Crippen LogP contribution in [0, 0.1) is 6.92 Å². The molecule has 0 atom stereocenters. The molecule has 2 N–H and O–H groups in total. The van der Waals surface area contributed by atoms with Gasteiger partial charge in [-0.15, -0.1) is 11.8 Å². The van der Waals surface area contributed by atoms with E-state index < -0.39 is 0 Å². The first-order valence-corrected chi connectivity index (χ1v) is 7.72. The number of benzene rings is 1. The molecule has 0 aliphatic rings. The number of furan rings is 1. The lowest BCUT2D eigenvalue weighted by atomic mass is 10.2. The lowest BCUT2D eigenvalue weighted by Crippen LogP contribution is -2.24. The molecule has 108 valence electrons. The van der Waals surface area contributed by atoms with Crippen molar-refractivity contribution >= 4 is 28.6 Å². The van der Waals surface area contributed by atoms with Crippen LogP contribution in [0.5, 0.6) is 0 Å². The van der Waals surface area contributed by atoms with E-state index in [1.165, 1.54) is 5.39 Å². The van der Waals surface area contributed by atoms with Gasteiger partial charge in [0.15, 0.2) is 0 Å². The van der Waals surface area contributed by atoms with Gasteiger partial charge in [0.2, 0.25) is 5.91 Å². The Labute approximate surface area is 126 Å². The average molecular weight is 300 g/mol. The second kappa shape index (κ2) is 6.10. The summed E-state index contributed by atoms with van der Waals surface area (Å²) in [4.78, 5) is 16.4. The predicted molar refractivity (Wildman–Crippen MR) is 84.3 cm³/mol. The van der Waals surface area contributed by atoms with Crippen LogP contribution in [-0.4, -0.2) is 16.6 Å². The number of fused-ring (bicyclic) bond motifs is 1. The van der Waals surface area contributed by atoms with Crippen molar-refractivity contribution in [3.63, 3.8) is 0 Å². The third-order valence-electron chi connectivity index (χ3n) is 3.22. The summed E-state index contributed by atoms with van der Waals surface area (Å²) in [7, 11) is 0. The summed E-state index contributed by atoms with van der Waals surface area (Å²) in [5.74, 6) is 1.15. The number of rotatable bonds is 5. The van der Waals surface area contributed by atoms with Crippen molar-refractivity contribution in [2.24, 2.45) is 0 Å². The fourth-order valence-corrected chi connectivity index (χ4v) is 3.20. The van der Waals surface area contributed by atoms with Gasteiger partial charge in [-0.2, -0.15) is 0 Å². The highest BCUT2D eigenvalue weighted by atomic mass is 32.2. The molecule has 0 aliphatic heterocycles. The topological polar surface area (TPSA) is 58.0 Å². The van der Waals surface area contributed by atoms with Gasteiger partial charge in [-0.3, -0.25) is 4.79 Å². The zero-order chi connectivity index (χ0) is 14.7. The maximum Gasteiger partial charge on any atom is 0.230 e. The summed E-state index contributed by atoms with van der Waals surface area (Å²) >= 11 is 1.55. The minimum Gasteiger partial charge on any atom is -0.467 e. The summed E-state index contributed by atoms with van der Waals surface area (Å²) in [6, 6.07) is 11.8. The second-order valence-electron chi connectivity index (χ2n) is 4.77. The van der Waals surface area contributed by atoms with E-state index in [0.29, 0.717) is 12.3 Å². The first-order valence-electron chi connectivity index (χ1n) is 6.73. The van der Waals surface area contributed by atoms with E-state index in [0.717, 1.165) is 21.9 Å². The molecule has 0 fully saturated rings. The molecule has 0 radical (unpaired) electrons. The number of H-pyrrole nitrogens is 1. The van der Waals surface area contributed by atoms with Gasteiger partial charge >= 0.3 is 0 Å². The largest absolute Gasteiger partial charge is 0.467 e. The molecule has 3 aromatic rings. The monoisotopic (exact) mass is 300 g/mol. The van der Waals surface area contributed by atoms with Gasteiger partial charge in [0, 0.05) is 21.5 Å². The Morgan fingerprint density at radius 1 is 1.29 bits per heavy atom. The number of hydrogen-bond acceptors (Lipinski definition) is 3. The van der Waals surface area contributed by atoms with E-state index in [4.69, 9.17) is 4.42 Å². The van der Waals surface area contributed by atoms with Gasteiger partial charge < -0.3 is 14.7 Å². The van der Waals surface area contributed by atoms with Crippen LogP contribution < -0.4 is 5.32 Å². The zero-order valence-corrected chi connectivity index (χ0v) is 12.5. The van der Waals surface area contributed by atoms with E-state index in [9.17, 15) is 4.79 Å². The summed E-state index contributed by atoms with van der Waals surface area (Å²) in [5.41, 5.74) is 2.20. The molecule has 1 amide bonds. The number of aromatic amines is 1. The van der Waals surface area contributed by atoms with E-state index >= 15 is 0 Å². The predicted octanol–water partition coefficient (Wildman–Crippen LogP) is 3.48. The van der Waals surface area contributed by atoms with Crippen molar-refractivity contribution in [3.05, 3.63) is 54.1 Å². The Hall–Kier alpha value is -2.14. The third-order valence-corrected chi connectivity index (χ3v) is 4.44. The van der Waals surface area contributed by atoms with Crippen molar-refractivity contribution in [1.29, 1.82) is 0 Å². The van der Waals surface area contributed by atoms with Crippen LogP contribution in [0.3, 0.4) is 0 Å². The highest BCUT2D eigenvalue weighted by Crippen LogP contribution is 2.31. The Morgan fingerprint density at radius 2 is 2.14 bits per heavy atom. The van der Waals surface area contributed by atoms with E-state index in [-0.39, 0.29) is 5.91 Å². The normalized spacial score (nSPS) is 10.9. The molecule has 5 heteroatoms. The Bertz CT molecular complexity index is 747. The molecular weight excluding hydrogens is 284 g/mol. The SMILES string of the molecule is Cc1[nH]c2ccccc2c1SCC(=O)NCc1ccco1. The maximum atomic E-state index is 11.9. The second-order valence-corrected chi connectivity index (χ2v) is 5.76. The molecule has 4 nitrogen and oxygen atoms in total. The summed E-state index contributed by atoms with van der Waals surface area (Å²) in [6.45, 7) is 2.46. The molecule has 0 saturated carbocycles. The van der Waals surface area contributed by atoms with Crippen molar-refractivity contribution in [1.82, 2.24) is 10.3 Å². The number of amides is 1. The van der Waals surface area contributed by atoms with Crippen LogP contribution >= 0.6 is 11.8 Å². The number of carbonyl (C=O) groups is 1. The highest BCUT2D eigenvalue weighted by Gasteiger charge is 2.10. The van der Waals surface area contributed by atoms with Crippen molar-refractivity contribution in [2.75, 3.05) is 5.75 Å². The average Bonchev–Trinajstić information content (AvgIpc) is 3.10. The number of hydrogen-bond donors (Lipinski definition) is 2. The number of para-hydroxylation sites is 1. The lowest BCUT2D eigenvalue weighted by Gasteiger charge is -2.04. The first-order chi connectivity index (χ1) is 10.2. The number of thioether (sulfide) groups is 1. The number of nitrogens with one attached hydrogen (secondary N) is 2. The first kappa shape index (κ1) is 13.8. The van der Waals surface area contributed by atoms with E-state index in [1.807, 2.05) is 37.3 Å². The molecule has 0 saturated heterocycles. The van der Waals surface area contributed by atoms with Crippen LogP contribution in [0.1, 0.15) is 11.5 Å². The number of aryl methyl sites for hydroxylation is 1. The quantitative estimate of drug-likeness (QED) is 0.709. The number of carbonyl (C=O) groups excluding carboxylic acids is 1. The van der Waals surface area contributed by atoms with E-state index in [1.54, 1.807) is 18.0 Å².